The molecule has 4 aromatic rings. The maximum Gasteiger partial charge on any atom is 0.255 e. The lowest BCUT2D eigenvalue weighted by molar-refractivity contribution is 0.0398. The van der Waals surface area contributed by atoms with Crippen LogP contribution in [0.2, 0.25) is 0 Å². The third-order valence-corrected chi connectivity index (χ3v) is 8.69. The minimum atomic E-state index is -0.686. The van der Waals surface area contributed by atoms with Gasteiger partial charge < -0.3 is 30.3 Å². The van der Waals surface area contributed by atoms with Gasteiger partial charge in [0, 0.05) is 74.0 Å². The topological polar surface area (TPSA) is 117 Å². The summed E-state index contributed by atoms with van der Waals surface area (Å²) in [6, 6.07) is 16.3. The molecule has 0 saturated carbocycles. The zero-order chi connectivity index (χ0) is 33.3. The van der Waals surface area contributed by atoms with Gasteiger partial charge in [-0.25, -0.2) is 19.3 Å². The molecule has 48 heavy (non-hydrogen) atoms. The monoisotopic (exact) mass is 654 g/mol. The summed E-state index contributed by atoms with van der Waals surface area (Å²) in [7, 11) is 2.09. The maximum atomic E-state index is 13.8. The van der Waals surface area contributed by atoms with Gasteiger partial charge in [-0.2, -0.15) is 0 Å². The largest absolute Gasteiger partial charge is 0.490 e. The van der Waals surface area contributed by atoms with Crippen molar-refractivity contribution in [3.8, 4) is 17.0 Å². The van der Waals surface area contributed by atoms with Crippen LogP contribution >= 0.6 is 0 Å². The Morgan fingerprint density at radius 1 is 1.02 bits per heavy atom. The average molecular weight is 655 g/mol. The van der Waals surface area contributed by atoms with Gasteiger partial charge in [-0.1, -0.05) is 6.07 Å². The molecule has 11 nitrogen and oxygen atoms in total. The van der Waals surface area contributed by atoms with Crippen molar-refractivity contribution < 1.29 is 18.7 Å². The van der Waals surface area contributed by atoms with Gasteiger partial charge in [0.25, 0.3) is 5.91 Å². The van der Waals surface area contributed by atoms with E-state index in [9.17, 15) is 9.18 Å². The van der Waals surface area contributed by atoms with Crippen LogP contribution in [0.3, 0.4) is 0 Å². The quantitative estimate of drug-likeness (QED) is 0.180. The Kier molecular flexibility index (Phi) is 11.1. The number of alkyl halides is 1. The van der Waals surface area contributed by atoms with Crippen LogP contribution in [0.25, 0.3) is 11.3 Å². The predicted molar refractivity (Wildman–Crippen MR) is 186 cm³/mol. The van der Waals surface area contributed by atoms with Gasteiger partial charge in [0.15, 0.2) is 0 Å². The van der Waals surface area contributed by atoms with Gasteiger partial charge in [-0.3, -0.25) is 9.69 Å². The van der Waals surface area contributed by atoms with E-state index in [1.807, 2.05) is 43.3 Å². The summed E-state index contributed by atoms with van der Waals surface area (Å²) in [4.78, 5) is 31.6. The number of piperidine rings is 1. The molecule has 252 valence electrons. The average Bonchev–Trinajstić information content (AvgIpc) is 3.11. The van der Waals surface area contributed by atoms with Crippen molar-refractivity contribution in [2.75, 3.05) is 75.5 Å². The second kappa shape index (κ2) is 16.0. The molecular weight excluding hydrogens is 611 g/mol. The first-order valence-corrected chi connectivity index (χ1v) is 16.5. The number of carbonyl (C=O) groups excluding carboxylic acids is 1. The maximum absolute atomic E-state index is 13.8. The minimum absolute atomic E-state index is 0.0414. The number of ether oxygens (including phenoxy) is 2. The molecule has 0 radical (unpaired) electrons. The van der Waals surface area contributed by atoms with E-state index in [1.165, 1.54) is 0 Å². The van der Waals surface area contributed by atoms with Crippen LogP contribution in [0.4, 0.5) is 27.4 Å². The van der Waals surface area contributed by atoms with Gasteiger partial charge in [-0.15, -0.1) is 0 Å². The van der Waals surface area contributed by atoms with Crippen LogP contribution in [0.15, 0.2) is 67.1 Å². The first-order chi connectivity index (χ1) is 23.4. The number of anilines is 4. The molecule has 2 saturated heterocycles. The second-order valence-electron chi connectivity index (χ2n) is 12.3. The molecule has 2 aromatic carbocycles. The van der Waals surface area contributed by atoms with E-state index in [1.54, 1.807) is 30.7 Å². The van der Waals surface area contributed by atoms with Crippen molar-refractivity contribution in [1.82, 2.24) is 24.8 Å². The van der Waals surface area contributed by atoms with Crippen molar-refractivity contribution in [1.29, 1.82) is 0 Å². The summed E-state index contributed by atoms with van der Waals surface area (Å²) in [5.41, 5.74) is 4.60. The normalized spacial score (nSPS) is 16.0. The zero-order valence-corrected chi connectivity index (χ0v) is 27.5. The fourth-order valence-corrected chi connectivity index (χ4v) is 5.88. The number of hydrogen-bond acceptors (Lipinski definition) is 10. The number of benzene rings is 2. The fourth-order valence-electron chi connectivity index (χ4n) is 5.88. The Labute approximate surface area is 280 Å². The summed E-state index contributed by atoms with van der Waals surface area (Å²) in [6.07, 6.45) is 5.09. The van der Waals surface area contributed by atoms with Crippen molar-refractivity contribution in [3.63, 3.8) is 0 Å². The number of hydrogen-bond donors (Lipinski definition) is 3. The van der Waals surface area contributed by atoms with Crippen LogP contribution in [0, 0.1) is 6.92 Å². The molecule has 2 aromatic heterocycles. The first-order valence-electron chi connectivity index (χ1n) is 16.5. The molecule has 2 fully saturated rings. The molecule has 6 rings (SSSR count). The van der Waals surface area contributed by atoms with E-state index in [2.05, 4.69) is 47.7 Å². The van der Waals surface area contributed by atoms with Gasteiger partial charge in [0.05, 0.1) is 18.9 Å². The lowest BCUT2D eigenvalue weighted by Crippen LogP contribution is -2.39. The number of nitrogens with one attached hydrogen (secondary N) is 3. The number of carbonyl (C=O) groups is 1. The summed E-state index contributed by atoms with van der Waals surface area (Å²) in [5, 5.41) is 9.82. The standard InChI is InChI=1S/C36H43FN8O3/c1-25-5-6-28(42-36(46)27-18-26(23-37)19-30(20-27)48-29-7-11-44(2)12-8-29)21-32(25)43-35-31(4-3-9-39-35)33-22-34(41-24-40-33)38-10-13-45-14-16-47-17-15-45/h3-6,9,18-22,24,29H,7-8,10-17,23H2,1-2H3,(H,39,43)(H,42,46)(H,38,40,41). The van der Waals surface area contributed by atoms with Crippen molar-refractivity contribution in [2.45, 2.75) is 32.5 Å². The van der Waals surface area contributed by atoms with Crippen LogP contribution < -0.4 is 20.7 Å². The number of amides is 1. The fraction of sp³-hybridized carbons (Fsp3) is 0.389. The summed E-state index contributed by atoms with van der Waals surface area (Å²) in [6.45, 7) is 8.26. The van der Waals surface area contributed by atoms with Gasteiger partial charge in [-0.05, 0) is 80.4 Å². The highest BCUT2D eigenvalue weighted by Crippen LogP contribution is 2.31. The van der Waals surface area contributed by atoms with E-state index in [-0.39, 0.29) is 12.0 Å². The Hall–Kier alpha value is -4.65. The number of rotatable bonds is 12. The van der Waals surface area contributed by atoms with Crippen LogP contribution in [0.1, 0.15) is 34.3 Å². The molecule has 2 aliphatic heterocycles. The summed E-state index contributed by atoms with van der Waals surface area (Å²) in [5.74, 6) is 1.52. The Balaban J connectivity index is 1.14. The molecule has 0 aliphatic carbocycles. The van der Waals surface area contributed by atoms with Crippen molar-refractivity contribution >= 4 is 28.9 Å². The second-order valence-corrected chi connectivity index (χ2v) is 12.3. The molecule has 4 heterocycles. The van der Waals surface area contributed by atoms with Crippen LogP contribution in [-0.4, -0.2) is 96.3 Å². The molecule has 1 amide bonds. The zero-order valence-electron chi connectivity index (χ0n) is 27.5. The molecular formula is C36H43FN8O3. The van der Waals surface area contributed by atoms with Crippen molar-refractivity contribution in [2.24, 2.45) is 0 Å². The Morgan fingerprint density at radius 3 is 2.67 bits per heavy atom. The minimum Gasteiger partial charge on any atom is -0.490 e. The third-order valence-electron chi connectivity index (χ3n) is 8.69. The van der Waals surface area contributed by atoms with Crippen molar-refractivity contribution in [3.05, 3.63) is 83.8 Å². The van der Waals surface area contributed by atoms with Gasteiger partial charge in [0.1, 0.15) is 36.5 Å². The lowest BCUT2D eigenvalue weighted by Gasteiger charge is -2.29. The molecule has 0 bridgehead atoms. The Bertz CT molecular complexity index is 1690. The molecule has 0 atom stereocenters. The van der Waals surface area contributed by atoms with E-state index < -0.39 is 6.67 Å². The summed E-state index contributed by atoms with van der Waals surface area (Å²) < 4.78 is 25.4. The van der Waals surface area contributed by atoms with E-state index in [0.29, 0.717) is 28.4 Å². The number of likely N-dealkylation sites (tertiary alicyclic amines) is 1. The Morgan fingerprint density at radius 2 is 1.85 bits per heavy atom. The lowest BCUT2D eigenvalue weighted by atomic mass is 10.1. The SMILES string of the molecule is Cc1ccc(NC(=O)c2cc(CF)cc(OC3CCN(C)CC3)c2)cc1Nc1ncccc1-c1cc(NCCN2CCOCC2)ncn1. The molecule has 3 N–H and O–H groups in total. The molecule has 12 heteroatoms. The predicted octanol–water partition coefficient (Wildman–Crippen LogP) is 5.53. The highest BCUT2D eigenvalue weighted by atomic mass is 19.1. The number of aromatic nitrogens is 3. The molecule has 0 unspecified atom stereocenters. The summed E-state index contributed by atoms with van der Waals surface area (Å²) >= 11 is 0. The van der Waals surface area contributed by atoms with Crippen LogP contribution in [0.5, 0.6) is 5.75 Å². The number of morpholine rings is 1. The van der Waals surface area contributed by atoms with Gasteiger partial charge in [0.2, 0.25) is 0 Å². The molecule has 0 spiro atoms. The number of halogens is 1. The van der Waals surface area contributed by atoms with Crippen LogP contribution in [-0.2, 0) is 11.4 Å². The highest BCUT2D eigenvalue weighted by molar-refractivity contribution is 6.05. The number of pyridine rings is 1. The number of aryl methyl sites for hydroxylation is 1. The van der Waals surface area contributed by atoms with E-state index in [0.717, 1.165) is 93.7 Å². The number of nitrogens with zero attached hydrogens (tertiary/aromatic N) is 5. The third kappa shape index (κ3) is 8.82. The van der Waals surface area contributed by atoms with E-state index >= 15 is 0 Å². The molecule has 2 aliphatic rings. The highest BCUT2D eigenvalue weighted by Gasteiger charge is 2.20. The van der Waals surface area contributed by atoms with Gasteiger partial charge >= 0.3 is 0 Å². The van der Waals surface area contributed by atoms with E-state index in [4.69, 9.17) is 9.47 Å². The first kappa shape index (κ1) is 33.3. The smallest absolute Gasteiger partial charge is 0.255 e.